The number of halogens is 3. The number of rotatable bonds is 5. The Bertz CT molecular complexity index is 1090. The maximum atomic E-state index is 12.8. The molecule has 0 saturated heterocycles. The molecule has 2 atom stereocenters. The first-order chi connectivity index (χ1) is 14.0. The Hall–Kier alpha value is -3.08. The van der Waals surface area contributed by atoms with Gasteiger partial charge in [0, 0.05) is 17.2 Å². The van der Waals surface area contributed by atoms with E-state index in [9.17, 15) is 31.2 Å². The van der Waals surface area contributed by atoms with Crippen LogP contribution in [0.3, 0.4) is 0 Å². The predicted octanol–water partition coefficient (Wildman–Crippen LogP) is 2.92. The maximum absolute atomic E-state index is 12.8. The number of nitrogens with one attached hydrogen (secondary N) is 3. The van der Waals surface area contributed by atoms with Crippen molar-refractivity contribution in [3.63, 3.8) is 0 Å². The van der Waals surface area contributed by atoms with E-state index in [2.05, 4.69) is 15.6 Å². The summed E-state index contributed by atoms with van der Waals surface area (Å²) in [5.74, 6) is -0.968. The average molecular weight is 441 g/mol. The van der Waals surface area contributed by atoms with Crippen LogP contribution in [-0.4, -0.2) is 20.2 Å². The average Bonchev–Trinajstić information content (AvgIpc) is 3.42. The van der Waals surface area contributed by atoms with Crippen molar-refractivity contribution < 1.29 is 31.2 Å². The third-order valence-electron chi connectivity index (χ3n) is 4.59. The van der Waals surface area contributed by atoms with Gasteiger partial charge in [0.25, 0.3) is 15.9 Å². The number of amides is 2. The standard InChI is InChI=1S/C19H18F3N3O4S/c1-11-8-16(11)18(27)24-23-17(26)12-4-2-7-15(9-12)30(28,29)25-14-6-3-5-13(10-14)19(20,21)22/h2-7,9-11,16,25H,8H2,1H3,(H,23,26)(H,24,27)/t11-,16+/m0/s1. The number of carbonyl (C=O) groups excluding carboxylic acids is 2. The zero-order valence-electron chi connectivity index (χ0n) is 15.7. The van der Waals surface area contributed by atoms with Gasteiger partial charge >= 0.3 is 6.18 Å². The van der Waals surface area contributed by atoms with Crippen molar-refractivity contribution in [1.82, 2.24) is 10.9 Å². The highest BCUT2D eigenvalue weighted by Crippen LogP contribution is 2.37. The molecule has 11 heteroatoms. The molecule has 0 bridgehead atoms. The number of hydrazine groups is 1. The summed E-state index contributed by atoms with van der Waals surface area (Å²) in [6.45, 7) is 1.90. The molecule has 0 radical (unpaired) electrons. The third-order valence-corrected chi connectivity index (χ3v) is 5.97. The van der Waals surface area contributed by atoms with E-state index in [-0.39, 0.29) is 33.9 Å². The summed E-state index contributed by atoms with van der Waals surface area (Å²) in [5, 5.41) is 0. The van der Waals surface area contributed by atoms with Gasteiger partial charge in [-0.15, -0.1) is 0 Å². The molecule has 30 heavy (non-hydrogen) atoms. The molecule has 0 aliphatic heterocycles. The van der Waals surface area contributed by atoms with Crippen LogP contribution in [0.25, 0.3) is 0 Å². The lowest BCUT2D eigenvalue weighted by atomic mass is 10.2. The number of anilines is 1. The molecule has 1 aliphatic carbocycles. The van der Waals surface area contributed by atoms with Gasteiger partial charge in [-0.25, -0.2) is 8.42 Å². The smallest absolute Gasteiger partial charge is 0.280 e. The van der Waals surface area contributed by atoms with Crippen molar-refractivity contribution >= 4 is 27.5 Å². The Morgan fingerprint density at radius 2 is 1.70 bits per heavy atom. The Labute approximate surface area is 170 Å². The Balaban J connectivity index is 1.72. The van der Waals surface area contributed by atoms with Crippen LogP contribution >= 0.6 is 0 Å². The molecule has 3 N–H and O–H groups in total. The van der Waals surface area contributed by atoms with E-state index in [4.69, 9.17) is 0 Å². The molecule has 2 aromatic carbocycles. The number of hydrogen-bond donors (Lipinski definition) is 3. The SMILES string of the molecule is C[C@H]1C[C@H]1C(=O)NNC(=O)c1cccc(S(=O)(=O)Nc2cccc(C(F)(F)F)c2)c1. The van der Waals surface area contributed by atoms with Crippen molar-refractivity contribution in [3.8, 4) is 0 Å². The largest absolute Gasteiger partial charge is 0.416 e. The third kappa shape index (κ3) is 5.09. The Morgan fingerprint density at radius 3 is 2.33 bits per heavy atom. The molecule has 2 aromatic rings. The number of hydrogen-bond acceptors (Lipinski definition) is 4. The molecule has 7 nitrogen and oxygen atoms in total. The predicted molar refractivity (Wildman–Crippen MR) is 102 cm³/mol. The number of carbonyl (C=O) groups is 2. The van der Waals surface area contributed by atoms with Crippen LogP contribution in [0, 0.1) is 11.8 Å². The van der Waals surface area contributed by atoms with Crippen molar-refractivity contribution in [1.29, 1.82) is 0 Å². The summed E-state index contributed by atoms with van der Waals surface area (Å²) in [6.07, 6.45) is -3.89. The van der Waals surface area contributed by atoms with Crippen molar-refractivity contribution in [3.05, 3.63) is 59.7 Å². The van der Waals surface area contributed by atoms with Gasteiger partial charge in [0.2, 0.25) is 5.91 Å². The van der Waals surface area contributed by atoms with Crippen molar-refractivity contribution in [2.45, 2.75) is 24.4 Å². The lowest BCUT2D eigenvalue weighted by molar-refractivity contribution is -0.137. The summed E-state index contributed by atoms with van der Waals surface area (Å²) >= 11 is 0. The highest BCUT2D eigenvalue weighted by molar-refractivity contribution is 7.92. The minimum atomic E-state index is -4.62. The minimum Gasteiger partial charge on any atom is -0.280 e. The molecule has 3 rings (SSSR count). The molecular weight excluding hydrogens is 423 g/mol. The second-order valence-electron chi connectivity index (χ2n) is 6.97. The summed E-state index contributed by atoms with van der Waals surface area (Å²) in [5.41, 5.74) is 3.17. The zero-order chi connectivity index (χ0) is 22.1. The quantitative estimate of drug-likeness (QED) is 0.621. The van der Waals surface area contributed by atoms with Crippen LogP contribution in [0.5, 0.6) is 0 Å². The van der Waals surface area contributed by atoms with Gasteiger partial charge in [-0.2, -0.15) is 13.2 Å². The first-order valence-electron chi connectivity index (χ1n) is 8.88. The van der Waals surface area contributed by atoms with E-state index in [1.807, 2.05) is 6.92 Å². The highest BCUT2D eigenvalue weighted by Gasteiger charge is 2.39. The van der Waals surface area contributed by atoms with E-state index < -0.39 is 27.7 Å². The second kappa shape index (κ2) is 7.98. The van der Waals surface area contributed by atoms with Crippen LogP contribution in [0.4, 0.5) is 18.9 Å². The van der Waals surface area contributed by atoms with Gasteiger partial charge in [0.1, 0.15) is 0 Å². The molecule has 0 aromatic heterocycles. The first kappa shape index (κ1) is 21.6. The molecule has 0 heterocycles. The first-order valence-corrected chi connectivity index (χ1v) is 10.4. The molecule has 2 amide bonds. The van der Waals surface area contributed by atoms with Crippen LogP contribution in [0.1, 0.15) is 29.3 Å². The van der Waals surface area contributed by atoms with E-state index in [0.29, 0.717) is 6.07 Å². The number of alkyl halides is 3. The molecule has 0 spiro atoms. The van der Waals surface area contributed by atoms with Crippen LogP contribution < -0.4 is 15.6 Å². The molecule has 160 valence electrons. The van der Waals surface area contributed by atoms with E-state index >= 15 is 0 Å². The minimum absolute atomic E-state index is 0.0499. The van der Waals surface area contributed by atoms with Crippen molar-refractivity contribution in [2.24, 2.45) is 11.8 Å². The summed E-state index contributed by atoms with van der Waals surface area (Å²) in [6, 6.07) is 8.63. The fourth-order valence-electron chi connectivity index (χ4n) is 2.75. The van der Waals surface area contributed by atoms with Gasteiger partial charge in [-0.1, -0.05) is 19.1 Å². The van der Waals surface area contributed by atoms with Gasteiger partial charge in [0.15, 0.2) is 0 Å². The Morgan fingerprint density at radius 1 is 1.03 bits per heavy atom. The summed E-state index contributed by atoms with van der Waals surface area (Å²) < 4.78 is 65.6. The van der Waals surface area contributed by atoms with Crippen LogP contribution in [0.15, 0.2) is 53.4 Å². The van der Waals surface area contributed by atoms with E-state index in [1.165, 1.54) is 24.3 Å². The van der Waals surface area contributed by atoms with Crippen molar-refractivity contribution in [2.75, 3.05) is 4.72 Å². The van der Waals surface area contributed by atoms with Crippen LogP contribution in [-0.2, 0) is 21.0 Å². The summed E-state index contributed by atoms with van der Waals surface area (Å²) in [7, 11) is -4.26. The van der Waals surface area contributed by atoms with E-state index in [1.54, 1.807) is 0 Å². The number of benzene rings is 2. The van der Waals surface area contributed by atoms with Crippen LogP contribution in [0.2, 0.25) is 0 Å². The van der Waals surface area contributed by atoms with Gasteiger partial charge in [-0.3, -0.25) is 25.2 Å². The Kier molecular flexibility index (Phi) is 5.75. The van der Waals surface area contributed by atoms with Gasteiger partial charge in [-0.05, 0) is 48.7 Å². The van der Waals surface area contributed by atoms with Gasteiger partial charge in [0.05, 0.1) is 10.5 Å². The molecule has 1 saturated carbocycles. The molecule has 1 fully saturated rings. The second-order valence-corrected chi connectivity index (χ2v) is 8.66. The lowest BCUT2D eigenvalue weighted by Gasteiger charge is -2.12. The monoisotopic (exact) mass is 441 g/mol. The van der Waals surface area contributed by atoms with E-state index in [0.717, 1.165) is 24.6 Å². The molecule has 1 aliphatic rings. The fourth-order valence-corrected chi connectivity index (χ4v) is 3.84. The lowest BCUT2D eigenvalue weighted by Crippen LogP contribution is -2.42. The van der Waals surface area contributed by atoms with Gasteiger partial charge < -0.3 is 0 Å². The summed E-state index contributed by atoms with van der Waals surface area (Å²) in [4.78, 5) is 23.6. The zero-order valence-corrected chi connectivity index (χ0v) is 16.5. The maximum Gasteiger partial charge on any atom is 0.416 e. The number of sulfonamides is 1. The fraction of sp³-hybridized carbons (Fsp3) is 0.263. The topological polar surface area (TPSA) is 104 Å². The molecular formula is C19H18F3N3O4S. The highest BCUT2D eigenvalue weighted by atomic mass is 32.2. The molecule has 0 unspecified atom stereocenters. The normalized spacial score (nSPS) is 18.4.